The second-order valence-corrected chi connectivity index (χ2v) is 14.6. The molecule has 4 aliphatic carbocycles. The zero-order valence-corrected chi connectivity index (χ0v) is 22.6. The van der Waals surface area contributed by atoms with Gasteiger partial charge in [-0.25, -0.2) is 0 Å². The molecule has 3 nitrogen and oxygen atoms in total. The molecule has 2 saturated carbocycles. The lowest BCUT2D eigenvalue weighted by Crippen LogP contribution is -2.55. The van der Waals surface area contributed by atoms with Gasteiger partial charge in [-0.1, -0.05) is 52.7 Å². The number of ether oxygens (including phenoxy) is 1. The third-order valence-corrected chi connectivity index (χ3v) is 12.7. The second kappa shape index (κ2) is 7.32. The summed E-state index contributed by atoms with van der Waals surface area (Å²) in [5.74, 6) is 1.72. The van der Waals surface area contributed by atoms with Crippen molar-refractivity contribution in [1.29, 1.82) is 0 Å². The first-order valence-electron chi connectivity index (χ1n) is 14.0. The lowest BCUT2D eigenvalue weighted by atomic mass is 9.43. The van der Waals surface area contributed by atoms with Crippen LogP contribution in [0.3, 0.4) is 0 Å². The minimum Gasteiger partial charge on any atom is -0.393 e. The standard InChI is InChI=1S/C30H50O3/c1-18(22-17-25(32)27(4,5)33-22)19-11-15-30(8)21-9-10-23-26(2,3)24(31)13-14-28(23,6)20(21)12-16-29(19,30)7/h18-19,22-25,31-32H,9-17H2,1-8H3/t18-,19+,22+,23-,24-,25+,28+,29+,30-/m0/s1. The first-order valence-corrected chi connectivity index (χ1v) is 14.0. The maximum absolute atomic E-state index is 10.8. The second-order valence-electron chi connectivity index (χ2n) is 14.6. The maximum atomic E-state index is 10.8. The quantitative estimate of drug-likeness (QED) is 0.455. The summed E-state index contributed by atoms with van der Waals surface area (Å²) >= 11 is 0. The van der Waals surface area contributed by atoms with E-state index in [0.29, 0.717) is 23.2 Å². The first kappa shape index (κ1) is 24.3. The Bertz CT molecular complexity index is 841. The predicted molar refractivity (Wildman–Crippen MR) is 134 cm³/mol. The number of fused-ring (bicyclic) bond motifs is 4. The van der Waals surface area contributed by atoms with Gasteiger partial charge >= 0.3 is 0 Å². The smallest absolute Gasteiger partial charge is 0.0889 e. The Hall–Kier alpha value is -0.380. The van der Waals surface area contributed by atoms with Crippen LogP contribution in [0.1, 0.15) is 113 Å². The average molecular weight is 459 g/mol. The van der Waals surface area contributed by atoms with E-state index in [1.54, 1.807) is 5.57 Å². The van der Waals surface area contributed by atoms with Crippen molar-refractivity contribution in [1.82, 2.24) is 0 Å². The summed E-state index contributed by atoms with van der Waals surface area (Å²) in [5, 5.41) is 21.4. The van der Waals surface area contributed by atoms with E-state index >= 15 is 0 Å². The van der Waals surface area contributed by atoms with Gasteiger partial charge in [-0.15, -0.1) is 0 Å². The lowest BCUT2D eigenvalue weighted by Gasteiger charge is -2.62. The Morgan fingerprint density at radius 1 is 0.818 bits per heavy atom. The zero-order chi connectivity index (χ0) is 24.2. The summed E-state index contributed by atoms with van der Waals surface area (Å²) in [7, 11) is 0. The highest BCUT2D eigenvalue weighted by Crippen LogP contribution is 2.72. The molecule has 2 N–H and O–H groups in total. The highest BCUT2D eigenvalue weighted by molar-refractivity contribution is 5.38. The highest BCUT2D eigenvalue weighted by Gasteiger charge is 2.64. The van der Waals surface area contributed by atoms with E-state index in [9.17, 15) is 10.2 Å². The molecule has 9 atom stereocenters. The van der Waals surface area contributed by atoms with Gasteiger partial charge in [0, 0.05) is 6.42 Å². The van der Waals surface area contributed by atoms with Crippen molar-refractivity contribution in [2.24, 2.45) is 39.4 Å². The van der Waals surface area contributed by atoms with Crippen LogP contribution in [0.15, 0.2) is 11.1 Å². The Kier molecular flexibility index (Phi) is 5.40. The van der Waals surface area contributed by atoms with Crippen LogP contribution in [0.4, 0.5) is 0 Å². The van der Waals surface area contributed by atoms with E-state index in [1.165, 1.54) is 38.5 Å². The zero-order valence-electron chi connectivity index (χ0n) is 22.6. The molecule has 5 rings (SSSR count). The first-order chi connectivity index (χ1) is 15.2. The summed E-state index contributed by atoms with van der Waals surface area (Å²) in [4.78, 5) is 0. The molecule has 3 fully saturated rings. The predicted octanol–water partition coefficient (Wildman–Crippen LogP) is 6.66. The van der Waals surface area contributed by atoms with Crippen molar-refractivity contribution < 1.29 is 14.9 Å². The van der Waals surface area contributed by atoms with Gasteiger partial charge in [-0.3, -0.25) is 0 Å². The van der Waals surface area contributed by atoms with Crippen LogP contribution in [-0.4, -0.2) is 34.1 Å². The maximum Gasteiger partial charge on any atom is 0.0889 e. The third kappa shape index (κ3) is 3.10. The van der Waals surface area contributed by atoms with Gasteiger partial charge in [-0.2, -0.15) is 0 Å². The van der Waals surface area contributed by atoms with E-state index in [4.69, 9.17) is 4.74 Å². The lowest BCUT2D eigenvalue weighted by molar-refractivity contribution is -0.101. The van der Waals surface area contributed by atoms with Gasteiger partial charge in [0.25, 0.3) is 0 Å². The van der Waals surface area contributed by atoms with Crippen LogP contribution in [0, 0.1) is 39.4 Å². The molecule has 3 heteroatoms. The van der Waals surface area contributed by atoms with Crippen molar-refractivity contribution in [2.45, 2.75) is 137 Å². The van der Waals surface area contributed by atoms with Gasteiger partial charge in [0.1, 0.15) is 0 Å². The molecule has 0 amide bonds. The normalized spacial score (nSPS) is 51.6. The fourth-order valence-electron chi connectivity index (χ4n) is 10.2. The fourth-order valence-corrected chi connectivity index (χ4v) is 10.2. The van der Waals surface area contributed by atoms with Gasteiger partial charge in [0.05, 0.1) is 23.9 Å². The van der Waals surface area contributed by atoms with E-state index < -0.39 is 5.60 Å². The van der Waals surface area contributed by atoms with Crippen molar-refractivity contribution in [2.75, 3.05) is 0 Å². The molecule has 0 unspecified atom stereocenters. The van der Waals surface area contributed by atoms with Crippen LogP contribution < -0.4 is 0 Å². The number of aliphatic hydroxyl groups excluding tert-OH is 2. The number of hydrogen-bond donors (Lipinski definition) is 2. The summed E-state index contributed by atoms with van der Waals surface area (Å²) in [6.45, 7) is 18.9. The number of hydrogen-bond acceptors (Lipinski definition) is 3. The van der Waals surface area contributed by atoms with Crippen LogP contribution in [-0.2, 0) is 4.74 Å². The molecule has 0 bridgehead atoms. The average Bonchev–Trinajstić information content (AvgIpc) is 3.17. The molecular formula is C30H50O3. The van der Waals surface area contributed by atoms with Crippen LogP contribution in [0.25, 0.3) is 0 Å². The summed E-state index contributed by atoms with van der Waals surface area (Å²) in [6, 6.07) is 0. The minimum absolute atomic E-state index is 0.00730. The Labute approximate surface area is 202 Å². The van der Waals surface area contributed by atoms with Crippen molar-refractivity contribution >= 4 is 0 Å². The molecule has 0 aromatic heterocycles. The van der Waals surface area contributed by atoms with Crippen LogP contribution in [0.5, 0.6) is 0 Å². The Morgan fingerprint density at radius 2 is 1.52 bits per heavy atom. The van der Waals surface area contributed by atoms with E-state index in [2.05, 4.69) is 41.5 Å². The largest absolute Gasteiger partial charge is 0.393 e. The minimum atomic E-state index is -0.421. The van der Waals surface area contributed by atoms with Gasteiger partial charge < -0.3 is 14.9 Å². The molecular weight excluding hydrogens is 408 g/mol. The van der Waals surface area contributed by atoms with Crippen molar-refractivity contribution in [3.63, 3.8) is 0 Å². The third-order valence-electron chi connectivity index (χ3n) is 12.7. The van der Waals surface area contributed by atoms with Crippen molar-refractivity contribution in [3.05, 3.63) is 11.1 Å². The molecule has 1 saturated heterocycles. The fraction of sp³-hybridized carbons (Fsp3) is 0.933. The van der Waals surface area contributed by atoms with E-state index in [0.717, 1.165) is 19.3 Å². The highest BCUT2D eigenvalue weighted by atomic mass is 16.5. The molecule has 0 aromatic carbocycles. The number of aliphatic hydroxyl groups is 2. The van der Waals surface area contributed by atoms with Crippen LogP contribution >= 0.6 is 0 Å². The Morgan fingerprint density at radius 3 is 2.15 bits per heavy atom. The summed E-state index contributed by atoms with van der Waals surface area (Å²) in [5.41, 5.74) is 4.03. The monoisotopic (exact) mass is 458 g/mol. The van der Waals surface area contributed by atoms with Crippen molar-refractivity contribution in [3.8, 4) is 0 Å². The summed E-state index contributed by atoms with van der Waals surface area (Å²) < 4.78 is 6.43. The van der Waals surface area contributed by atoms with E-state index in [-0.39, 0.29) is 34.6 Å². The molecule has 0 aromatic rings. The molecule has 33 heavy (non-hydrogen) atoms. The van der Waals surface area contributed by atoms with Gasteiger partial charge in [0.2, 0.25) is 0 Å². The molecule has 188 valence electrons. The molecule has 1 heterocycles. The van der Waals surface area contributed by atoms with Crippen LogP contribution in [0.2, 0.25) is 0 Å². The number of rotatable bonds is 2. The number of allylic oxidation sites excluding steroid dienone is 2. The molecule has 0 spiro atoms. The van der Waals surface area contributed by atoms with E-state index in [1.807, 2.05) is 19.4 Å². The summed E-state index contributed by atoms with van der Waals surface area (Å²) in [6.07, 6.45) is 10.1. The molecule has 5 aliphatic rings. The topological polar surface area (TPSA) is 49.7 Å². The van der Waals surface area contributed by atoms with Gasteiger partial charge in [-0.05, 0) is 105 Å². The molecule has 1 aliphatic heterocycles. The Balaban J connectivity index is 1.47. The van der Waals surface area contributed by atoms with Gasteiger partial charge in [0.15, 0.2) is 0 Å². The molecule has 0 radical (unpaired) electrons. The SMILES string of the molecule is C[C@@H]([C@H]1CC[C@@]2(C)C3=C(CC[C@]12C)[C@@]1(C)CC[C@H](O)C(C)(C)[C@@H]1CC3)[C@H]1C[C@@H](O)C(C)(C)O1.